The fraction of sp³-hybridized carbons (Fsp3) is 0.286. The van der Waals surface area contributed by atoms with Gasteiger partial charge in [-0.25, -0.2) is 0 Å². The third kappa shape index (κ3) is 1.45. The van der Waals surface area contributed by atoms with Gasteiger partial charge in [0.25, 0.3) is 0 Å². The van der Waals surface area contributed by atoms with Gasteiger partial charge >= 0.3 is 0 Å². The molecule has 3 rings (SSSR count). The maximum atomic E-state index is 12.2. The van der Waals surface area contributed by atoms with Gasteiger partial charge in [-0.15, -0.1) is 0 Å². The van der Waals surface area contributed by atoms with Crippen molar-refractivity contribution in [1.29, 1.82) is 0 Å². The molecule has 0 saturated carbocycles. The Morgan fingerprint density at radius 1 is 1.06 bits per heavy atom. The second-order valence-corrected chi connectivity index (χ2v) is 4.35. The molecule has 4 heteroatoms. The standard InChI is InChI=1S/C14H12O4/c1-2-3-8-4-5-9-10(6-8)12(16)14-13(11(9)15)17-7-18-14/h4-6H,2-3,7H2,1H3. The van der Waals surface area contributed by atoms with Crippen LogP contribution in [0.1, 0.15) is 39.6 Å². The normalized spacial score (nSPS) is 17.2. The molecule has 0 atom stereocenters. The molecule has 1 aliphatic heterocycles. The fourth-order valence-corrected chi connectivity index (χ4v) is 2.28. The number of allylic oxidation sites excluding steroid dienone is 2. The van der Waals surface area contributed by atoms with E-state index in [1.165, 1.54) is 0 Å². The van der Waals surface area contributed by atoms with E-state index in [9.17, 15) is 9.59 Å². The Bertz CT molecular complexity index is 583. The van der Waals surface area contributed by atoms with Gasteiger partial charge in [-0.2, -0.15) is 0 Å². The Hall–Kier alpha value is -2.10. The molecule has 0 saturated heterocycles. The monoisotopic (exact) mass is 244 g/mol. The lowest BCUT2D eigenvalue weighted by atomic mass is 9.90. The van der Waals surface area contributed by atoms with E-state index in [0.29, 0.717) is 11.1 Å². The molecule has 0 N–H and O–H groups in total. The average Bonchev–Trinajstić information content (AvgIpc) is 2.86. The van der Waals surface area contributed by atoms with Crippen molar-refractivity contribution < 1.29 is 19.1 Å². The van der Waals surface area contributed by atoms with Crippen LogP contribution in [0.15, 0.2) is 29.7 Å². The second kappa shape index (κ2) is 3.98. The zero-order chi connectivity index (χ0) is 12.7. The first-order valence-corrected chi connectivity index (χ1v) is 5.94. The van der Waals surface area contributed by atoms with E-state index in [0.717, 1.165) is 18.4 Å². The first-order valence-electron chi connectivity index (χ1n) is 5.94. The van der Waals surface area contributed by atoms with E-state index in [1.807, 2.05) is 6.07 Å². The van der Waals surface area contributed by atoms with E-state index in [-0.39, 0.29) is 29.9 Å². The Labute approximate surface area is 104 Å². The molecule has 1 heterocycles. The summed E-state index contributed by atoms with van der Waals surface area (Å²) < 4.78 is 10.1. The molecule has 0 spiro atoms. The summed E-state index contributed by atoms with van der Waals surface area (Å²) in [7, 11) is 0. The maximum absolute atomic E-state index is 12.2. The highest BCUT2D eigenvalue weighted by Crippen LogP contribution is 2.31. The summed E-state index contributed by atoms with van der Waals surface area (Å²) in [5.74, 6) is -0.410. The van der Waals surface area contributed by atoms with Gasteiger partial charge in [0.2, 0.25) is 29.9 Å². The SMILES string of the molecule is CCCc1ccc2c(c1)C(=O)C1=C(OCO1)C2=O. The molecular weight excluding hydrogens is 232 g/mol. The van der Waals surface area contributed by atoms with Gasteiger partial charge < -0.3 is 9.47 Å². The van der Waals surface area contributed by atoms with Gasteiger partial charge in [0.1, 0.15) is 0 Å². The highest BCUT2D eigenvalue weighted by molar-refractivity contribution is 6.25. The van der Waals surface area contributed by atoms with Crippen LogP contribution < -0.4 is 0 Å². The van der Waals surface area contributed by atoms with Crippen LogP contribution in [0, 0.1) is 0 Å². The predicted octanol–water partition coefficient (Wildman–Crippen LogP) is 2.23. The number of hydrogen-bond donors (Lipinski definition) is 0. The minimum absolute atomic E-state index is 0.0516. The first-order chi connectivity index (χ1) is 8.72. The second-order valence-electron chi connectivity index (χ2n) is 4.35. The van der Waals surface area contributed by atoms with E-state index in [2.05, 4.69) is 6.92 Å². The molecule has 0 fully saturated rings. The zero-order valence-corrected chi connectivity index (χ0v) is 9.99. The predicted molar refractivity (Wildman–Crippen MR) is 63.2 cm³/mol. The van der Waals surface area contributed by atoms with Crippen LogP contribution in [-0.4, -0.2) is 18.4 Å². The molecule has 0 unspecified atom stereocenters. The molecule has 18 heavy (non-hydrogen) atoms. The highest BCUT2D eigenvalue weighted by atomic mass is 16.7. The van der Waals surface area contributed by atoms with E-state index in [1.54, 1.807) is 12.1 Å². The number of carbonyl (C=O) groups is 2. The lowest BCUT2D eigenvalue weighted by molar-refractivity contribution is 0.0601. The van der Waals surface area contributed by atoms with E-state index in [4.69, 9.17) is 9.47 Å². The molecule has 0 aromatic heterocycles. The number of ketones is 2. The molecule has 92 valence electrons. The molecule has 1 aromatic carbocycles. The Balaban J connectivity index is 2.11. The zero-order valence-electron chi connectivity index (χ0n) is 9.99. The Morgan fingerprint density at radius 3 is 2.39 bits per heavy atom. The molecule has 0 radical (unpaired) electrons. The van der Waals surface area contributed by atoms with Crippen LogP contribution in [0.3, 0.4) is 0 Å². The van der Waals surface area contributed by atoms with E-state index < -0.39 is 0 Å². The lowest BCUT2D eigenvalue weighted by Crippen LogP contribution is -2.20. The van der Waals surface area contributed by atoms with Crippen molar-refractivity contribution in [3.05, 3.63) is 46.4 Å². The van der Waals surface area contributed by atoms with Crippen LogP contribution in [0.2, 0.25) is 0 Å². The lowest BCUT2D eigenvalue weighted by Gasteiger charge is -2.14. The summed E-state index contributed by atoms with van der Waals surface area (Å²) in [5.41, 5.74) is 1.89. The number of hydrogen-bond acceptors (Lipinski definition) is 4. The molecule has 1 aliphatic carbocycles. The number of Topliss-reactive ketones (excluding diaryl/α,β-unsaturated/α-hetero) is 2. The number of fused-ring (bicyclic) bond motifs is 1. The Morgan fingerprint density at radius 2 is 1.72 bits per heavy atom. The first kappa shape index (κ1) is 11.0. The summed E-state index contributed by atoms with van der Waals surface area (Å²) in [4.78, 5) is 24.3. The molecule has 1 aromatic rings. The van der Waals surface area contributed by atoms with Crippen LogP contribution >= 0.6 is 0 Å². The van der Waals surface area contributed by atoms with Crippen molar-refractivity contribution in [2.75, 3.05) is 6.79 Å². The van der Waals surface area contributed by atoms with Crippen molar-refractivity contribution in [2.45, 2.75) is 19.8 Å². The van der Waals surface area contributed by atoms with Crippen molar-refractivity contribution in [2.24, 2.45) is 0 Å². The molecule has 0 bridgehead atoms. The third-order valence-corrected chi connectivity index (χ3v) is 3.14. The molecule has 0 amide bonds. The fourth-order valence-electron chi connectivity index (χ4n) is 2.28. The molecule has 2 aliphatic rings. The van der Waals surface area contributed by atoms with Crippen molar-refractivity contribution >= 4 is 11.6 Å². The number of carbonyl (C=O) groups excluding carboxylic acids is 2. The Kier molecular flexibility index (Phi) is 2.44. The van der Waals surface area contributed by atoms with Gasteiger partial charge in [-0.1, -0.05) is 19.4 Å². The minimum atomic E-state index is -0.264. The summed E-state index contributed by atoms with van der Waals surface area (Å²) in [6.07, 6.45) is 1.88. The summed E-state index contributed by atoms with van der Waals surface area (Å²) in [5, 5.41) is 0. The maximum Gasteiger partial charge on any atom is 0.232 e. The molecular formula is C14H12O4. The van der Waals surface area contributed by atoms with Crippen LogP contribution in [0.5, 0.6) is 0 Å². The van der Waals surface area contributed by atoms with Gasteiger partial charge in [0.05, 0.1) is 0 Å². The summed E-state index contributed by atoms with van der Waals surface area (Å²) in [6, 6.07) is 5.37. The number of aryl methyl sites for hydroxylation is 1. The van der Waals surface area contributed by atoms with Gasteiger partial charge in [0, 0.05) is 11.1 Å². The quantitative estimate of drug-likeness (QED) is 0.800. The van der Waals surface area contributed by atoms with Crippen molar-refractivity contribution in [3.8, 4) is 0 Å². The summed E-state index contributed by atoms with van der Waals surface area (Å²) >= 11 is 0. The van der Waals surface area contributed by atoms with Gasteiger partial charge in [-0.3, -0.25) is 9.59 Å². The number of ether oxygens (including phenoxy) is 2. The van der Waals surface area contributed by atoms with Gasteiger partial charge in [-0.05, 0) is 24.1 Å². The number of rotatable bonds is 2. The third-order valence-electron chi connectivity index (χ3n) is 3.14. The molecule has 4 nitrogen and oxygen atoms in total. The van der Waals surface area contributed by atoms with E-state index >= 15 is 0 Å². The highest BCUT2D eigenvalue weighted by Gasteiger charge is 2.38. The largest absolute Gasteiger partial charge is 0.449 e. The van der Waals surface area contributed by atoms with Gasteiger partial charge in [0.15, 0.2) is 0 Å². The van der Waals surface area contributed by atoms with Crippen LogP contribution in [-0.2, 0) is 15.9 Å². The van der Waals surface area contributed by atoms with Crippen molar-refractivity contribution in [1.82, 2.24) is 0 Å². The average molecular weight is 244 g/mol. The number of benzene rings is 1. The van der Waals surface area contributed by atoms with Crippen molar-refractivity contribution in [3.63, 3.8) is 0 Å². The van der Waals surface area contributed by atoms with Crippen LogP contribution in [0.4, 0.5) is 0 Å². The van der Waals surface area contributed by atoms with Crippen LogP contribution in [0.25, 0.3) is 0 Å². The minimum Gasteiger partial charge on any atom is -0.449 e. The smallest absolute Gasteiger partial charge is 0.232 e. The topological polar surface area (TPSA) is 52.6 Å². The summed E-state index contributed by atoms with van der Waals surface area (Å²) in [6.45, 7) is 2.01.